The van der Waals surface area contributed by atoms with Gasteiger partial charge in [-0.3, -0.25) is 4.79 Å². The molecule has 1 unspecified atom stereocenters. The summed E-state index contributed by atoms with van der Waals surface area (Å²) in [5.74, 6) is -0.277. The number of methoxy groups -OCH3 is 1. The van der Waals surface area contributed by atoms with Crippen molar-refractivity contribution in [3.63, 3.8) is 0 Å². The van der Waals surface area contributed by atoms with Crippen molar-refractivity contribution >= 4 is 11.7 Å². The van der Waals surface area contributed by atoms with E-state index in [1.165, 1.54) is 7.11 Å². The second kappa shape index (κ2) is 6.40. The minimum Gasteiger partial charge on any atom is -0.469 e. The molecule has 1 fully saturated rings. The Hall–Kier alpha value is -2.06. The number of rotatable bonds is 3. The maximum absolute atomic E-state index is 11.3. The number of nitriles is 1. The summed E-state index contributed by atoms with van der Waals surface area (Å²) in [4.78, 5) is 13.4. The molecule has 0 amide bonds. The van der Waals surface area contributed by atoms with Crippen molar-refractivity contribution in [1.82, 2.24) is 0 Å². The molecule has 106 valence electrons. The van der Waals surface area contributed by atoms with E-state index in [9.17, 15) is 10.1 Å². The molecule has 1 saturated heterocycles. The Bertz CT molecular complexity index is 536. The van der Waals surface area contributed by atoms with Gasteiger partial charge in [-0.05, 0) is 24.6 Å². The van der Waals surface area contributed by atoms with E-state index in [0.29, 0.717) is 18.7 Å². The van der Waals surface area contributed by atoms with Crippen LogP contribution in [0.15, 0.2) is 18.2 Å². The second-order valence-corrected chi connectivity index (χ2v) is 4.85. The molecular weight excluding hydrogens is 256 g/mol. The molecule has 0 saturated carbocycles. The average molecular weight is 274 g/mol. The van der Waals surface area contributed by atoms with E-state index in [2.05, 4.69) is 15.7 Å². The second-order valence-electron chi connectivity index (χ2n) is 4.85. The zero-order valence-corrected chi connectivity index (χ0v) is 11.8. The molecule has 0 aromatic heterocycles. The number of ether oxygens (including phenoxy) is 2. The van der Waals surface area contributed by atoms with Gasteiger partial charge in [-0.2, -0.15) is 5.26 Å². The Kier molecular flexibility index (Phi) is 4.59. The van der Waals surface area contributed by atoms with Crippen LogP contribution >= 0.6 is 0 Å². The summed E-state index contributed by atoms with van der Waals surface area (Å²) in [5.41, 5.74) is 2.62. The molecule has 5 nitrogen and oxygen atoms in total. The van der Waals surface area contributed by atoms with E-state index < -0.39 is 0 Å². The van der Waals surface area contributed by atoms with Crippen molar-refractivity contribution in [3.05, 3.63) is 29.3 Å². The van der Waals surface area contributed by atoms with E-state index in [1.54, 1.807) is 0 Å². The lowest BCUT2D eigenvalue weighted by molar-refractivity contribution is -0.144. The molecule has 5 heteroatoms. The van der Waals surface area contributed by atoms with Crippen LogP contribution in [0.5, 0.6) is 0 Å². The zero-order valence-electron chi connectivity index (χ0n) is 11.8. The number of nitrogens with zero attached hydrogens (tertiary/aromatic N) is 2. The fraction of sp³-hybridized carbons (Fsp3) is 0.467. The fourth-order valence-electron chi connectivity index (χ4n) is 2.35. The molecule has 1 atom stereocenters. The SMILES string of the molecule is COC(=O)CC1CN(c2ccc(C)cc2C#N)CCO1. The molecule has 1 aliphatic rings. The number of hydrogen-bond acceptors (Lipinski definition) is 5. The molecule has 1 heterocycles. The van der Waals surface area contributed by atoms with Gasteiger partial charge in [0.1, 0.15) is 6.07 Å². The van der Waals surface area contributed by atoms with Gasteiger partial charge in [-0.15, -0.1) is 0 Å². The molecule has 0 spiro atoms. The first-order valence-electron chi connectivity index (χ1n) is 6.58. The summed E-state index contributed by atoms with van der Waals surface area (Å²) in [6.07, 6.45) is 0.0462. The molecule has 0 N–H and O–H groups in total. The first-order valence-corrected chi connectivity index (χ1v) is 6.58. The summed E-state index contributed by atoms with van der Waals surface area (Å²) in [7, 11) is 1.37. The van der Waals surface area contributed by atoms with Crippen LogP contribution < -0.4 is 4.90 Å². The first kappa shape index (κ1) is 14.4. The quantitative estimate of drug-likeness (QED) is 0.784. The van der Waals surface area contributed by atoms with Gasteiger partial charge in [-0.25, -0.2) is 0 Å². The van der Waals surface area contributed by atoms with Crippen LogP contribution in [0.25, 0.3) is 0 Å². The molecule has 0 bridgehead atoms. The van der Waals surface area contributed by atoms with Crippen molar-refractivity contribution in [2.45, 2.75) is 19.4 Å². The highest BCUT2D eigenvalue weighted by molar-refractivity contribution is 5.70. The van der Waals surface area contributed by atoms with E-state index >= 15 is 0 Å². The molecule has 2 rings (SSSR count). The largest absolute Gasteiger partial charge is 0.469 e. The van der Waals surface area contributed by atoms with Crippen molar-refractivity contribution in [2.75, 3.05) is 31.7 Å². The molecule has 0 aliphatic carbocycles. The maximum atomic E-state index is 11.3. The smallest absolute Gasteiger partial charge is 0.308 e. The van der Waals surface area contributed by atoms with Gasteiger partial charge in [0.2, 0.25) is 0 Å². The number of hydrogen-bond donors (Lipinski definition) is 0. The fourth-order valence-corrected chi connectivity index (χ4v) is 2.35. The Morgan fingerprint density at radius 1 is 1.60 bits per heavy atom. The van der Waals surface area contributed by atoms with Crippen LogP contribution in [0.1, 0.15) is 17.5 Å². The normalized spacial score (nSPS) is 18.4. The summed E-state index contributed by atoms with van der Waals surface area (Å²) < 4.78 is 10.2. The van der Waals surface area contributed by atoms with Crippen molar-refractivity contribution in [2.24, 2.45) is 0 Å². The number of morpholine rings is 1. The third kappa shape index (κ3) is 3.28. The van der Waals surface area contributed by atoms with Crippen LogP contribution in [-0.4, -0.2) is 38.9 Å². The number of esters is 1. The maximum Gasteiger partial charge on any atom is 0.308 e. The zero-order chi connectivity index (χ0) is 14.5. The van der Waals surface area contributed by atoms with E-state index in [4.69, 9.17) is 4.74 Å². The van der Waals surface area contributed by atoms with E-state index in [1.807, 2.05) is 25.1 Å². The van der Waals surface area contributed by atoms with Gasteiger partial charge in [-0.1, -0.05) is 6.07 Å². The summed E-state index contributed by atoms with van der Waals surface area (Å²) in [6.45, 7) is 3.81. The molecule has 0 radical (unpaired) electrons. The highest BCUT2D eigenvalue weighted by atomic mass is 16.5. The lowest BCUT2D eigenvalue weighted by atomic mass is 10.1. The third-order valence-corrected chi connectivity index (χ3v) is 3.37. The van der Waals surface area contributed by atoms with Gasteiger partial charge in [0.15, 0.2) is 0 Å². The van der Waals surface area contributed by atoms with Crippen LogP contribution in [0.2, 0.25) is 0 Å². The first-order chi connectivity index (χ1) is 9.63. The van der Waals surface area contributed by atoms with Gasteiger partial charge >= 0.3 is 5.97 Å². The summed E-state index contributed by atoms with van der Waals surface area (Å²) in [5, 5.41) is 9.24. The van der Waals surface area contributed by atoms with Gasteiger partial charge in [0, 0.05) is 13.1 Å². The monoisotopic (exact) mass is 274 g/mol. The lowest BCUT2D eigenvalue weighted by Gasteiger charge is -2.34. The van der Waals surface area contributed by atoms with Crippen LogP contribution in [0.4, 0.5) is 5.69 Å². The Balaban J connectivity index is 2.13. The minimum atomic E-state index is -0.277. The highest BCUT2D eigenvalue weighted by Gasteiger charge is 2.24. The molecule has 1 aromatic rings. The van der Waals surface area contributed by atoms with Crippen LogP contribution in [0, 0.1) is 18.3 Å². The number of carbonyl (C=O) groups excluding carboxylic acids is 1. The van der Waals surface area contributed by atoms with Crippen molar-refractivity contribution < 1.29 is 14.3 Å². The minimum absolute atomic E-state index is 0.191. The van der Waals surface area contributed by atoms with Gasteiger partial charge in [0.05, 0.1) is 37.5 Å². The number of carbonyl (C=O) groups is 1. The number of aryl methyl sites for hydroxylation is 1. The van der Waals surface area contributed by atoms with E-state index in [-0.39, 0.29) is 18.5 Å². The Morgan fingerprint density at radius 2 is 2.40 bits per heavy atom. The third-order valence-electron chi connectivity index (χ3n) is 3.37. The standard InChI is InChI=1S/C15H18N2O3/c1-11-3-4-14(12(7-11)9-16)17-5-6-20-13(10-17)8-15(18)19-2/h3-4,7,13H,5-6,8,10H2,1-2H3. The van der Waals surface area contributed by atoms with Gasteiger partial charge in [0.25, 0.3) is 0 Å². The molecular formula is C15H18N2O3. The average Bonchev–Trinajstić information content (AvgIpc) is 2.47. The summed E-state index contributed by atoms with van der Waals surface area (Å²) in [6, 6.07) is 8.04. The molecule has 1 aliphatic heterocycles. The Morgan fingerprint density at radius 3 is 3.10 bits per heavy atom. The number of benzene rings is 1. The lowest BCUT2D eigenvalue weighted by Crippen LogP contribution is -2.43. The van der Waals surface area contributed by atoms with Crippen molar-refractivity contribution in [1.29, 1.82) is 5.26 Å². The highest BCUT2D eigenvalue weighted by Crippen LogP contribution is 2.24. The predicted molar refractivity (Wildman–Crippen MR) is 74.5 cm³/mol. The summed E-state index contributed by atoms with van der Waals surface area (Å²) >= 11 is 0. The predicted octanol–water partition coefficient (Wildman–Crippen LogP) is 1.64. The van der Waals surface area contributed by atoms with Crippen LogP contribution in [-0.2, 0) is 14.3 Å². The van der Waals surface area contributed by atoms with E-state index in [0.717, 1.165) is 17.8 Å². The Labute approximate surface area is 118 Å². The van der Waals surface area contributed by atoms with Crippen molar-refractivity contribution in [3.8, 4) is 6.07 Å². The van der Waals surface area contributed by atoms with Crippen LogP contribution in [0.3, 0.4) is 0 Å². The molecule has 20 heavy (non-hydrogen) atoms. The number of anilines is 1. The van der Waals surface area contributed by atoms with Gasteiger partial charge < -0.3 is 14.4 Å². The topological polar surface area (TPSA) is 62.6 Å². The molecule has 1 aromatic carbocycles.